The topological polar surface area (TPSA) is 120 Å². The number of hydrogen-bond donors (Lipinski definition) is 4. The lowest BCUT2D eigenvalue weighted by Gasteiger charge is -2.15. The van der Waals surface area contributed by atoms with Gasteiger partial charge in [0, 0.05) is 28.4 Å². The minimum absolute atomic E-state index is 0.0761. The summed E-state index contributed by atoms with van der Waals surface area (Å²) in [6.45, 7) is 1.47. The van der Waals surface area contributed by atoms with E-state index in [1.165, 1.54) is 30.5 Å². The number of H-pyrrole nitrogens is 1. The van der Waals surface area contributed by atoms with Crippen LogP contribution in [0.2, 0.25) is 0 Å². The molecule has 0 bridgehead atoms. The zero-order chi connectivity index (χ0) is 25.7. The molecule has 8 nitrogen and oxygen atoms in total. The van der Waals surface area contributed by atoms with Crippen LogP contribution < -0.4 is 21.4 Å². The van der Waals surface area contributed by atoms with Crippen molar-refractivity contribution in [1.82, 2.24) is 15.6 Å². The van der Waals surface area contributed by atoms with Gasteiger partial charge in [-0.2, -0.15) is 0 Å². The maximum Gasteiger partial charge on any atom is 0.257 e. The lowest BCUT2D eigenvalue weighted by atomic mass is 10.1. The first kappa shape index (κ1) is 24.3. The normalized spacial score (nSPS) is 11.5. The van der Waals surface area contributed by atoms with Crippen molar-refractivity contribution in [3.63, 3.8) is 0 Å². The van der Waals surface area contributed by atoms with Gasteiger partial charge in [0.25, 0.3) is 11.8 Å². The minimum atomic E-state index is -0.647. The molecule has 0 aliphatic heterocycles. The molecule has 182 valence electrons. The summed E-state index contributed by atoms with van der Waals surface area (Å²) in [5, 5.41) is 8.36. The van der Waals surface area contributed by atoms with Crippen LogP contribution in [0.15, 0.2) is 83.8 Å². The van der Waals surface area contributed by atoms with Crippen molar-refractivity contribution in [2.45, 2.75) is 13.0 Å². The molecule has 0 aliphatic rings. The van der Waals surface area contributed by atoms with E-state index in [1.54, 1.807) is 55.5 Å². The Kier molecular flexibility index (Phi) is 7.20. The average Bonchev–Trinajstić information content (AvgIpc) is 2.88. The smallest absolute Gasteiger partial charge is 0.257 e. The molecule has 4 rings (SSSR count). The van der Waals surface area contributed by atoms with Gasteiger partial charge in [0.05, 0.1) is 12.6 Å². The Balaban J connectivity index is 1.30. The minimum Gasteiger partial charge on any atom is -0.360 e. The number of nitrogens with one attached hydrogen (secondary N) is 4. The van der Waals surface area contributed by atoms with Crippen LogP contribution in [0.1, 0.15) is 39.2 Å². The van der Waals surface area contributed by atoms with Gasteiger partial charge in [0.2, 0.25) is 11.3 Å². The van der Waals surface area contributed by atoms with Crippen molar-refractivity contribution < 1.29 is 18.8 Å². The predicted octanol–water partition coefficient (Wildman–Crippen LogP) is 3.53. The van der Waals surface area contributed by atoms with Crippen molar-refractivity contribution in [3.8, 4) is 0 Å². The number of halogens is 1. The number of anilines is 1. The molecule has 3 amide bonds. The van der Waals surface area contributed by atoms with Gasteiger partial charge in [-0.1, -0.05) is 24.3 Å². The molecule has 4 aromatic rings. The van der Waals surface area contributed by atoms with Crippen LogP contribution in [0.4, 0.5) is 10.1 Å². The van der Waals surface area contributed by atoms with Gasteiger partial charge in [-0.25, -0.2) is 4.39 Å². The van der Waals surface area contributed by atoms with Crippen LogP contribution >= 0.6 is 0 Å². The van der Waals surface area contributed by atoms with E-state index < -0.39 is 23.1 Å². The Bertz CT molecular complexity index is 1480. The molecule has 0 radical (unpaired) electrons. The van der Waals surface area contributed by atoms with E-state index in [4.69, 9.17) is 0 Å². The summed E-state index contributed by atoms with van der Waals surface area (Å²) in [6, 6.07) is 18.6. The molecule has 0 spiro atoms. The molecule has 36 heavy (non-hydrogen) atoms. The Labute approximate surface area is 205 Å². The second-order valence-electron chi connectivity index (χ2n) is 8.13. The van der Waals surface area contributed by atoms with Gasteiger partial charge in [0.15, 0.2) is 0 Å². The van der Waals surface area contributed by atoms with Crippen LogP contribution in [0.25, 0.3) is 10.9 Å². The third kappa shape index (κ3) is 5.64. The first-order chi connectivity index (χ1) is 17.3. The van der Waals surface area contributed by atoms with E-state index >= 15 is 0 Å². The van der Waals surface area contributed by atoms with Crippen molar-refractivity contribution in [2.24, 2.45) is 0 Å². The fourth-order valence-electron chi connectivity index (χ4n) is 3.63. The molecule has 4 N–H and O–H groups in total. The summed E-state index contributed by atoms with van der Waals surface area (Å²) in [6.07, 6.45) is 1.33. The first-order valence-electron chi connectivity index (χ1n) is 11.2. The summed E-state index contributed by atoms with van der Waals surface area (Å²) >= 11 is 0. The summed E-state index contributed by atoms with van der Waals surface area (Å²) in [7, 11) is 0. The molecule has 9 heteroatoms. The fourth-order valence-corrected chi connectivity index (χ4v) is 3.63. The molecule has 1 heterocycles. The van der Waals surface area contributed by atoms with Crippen LogP contribution in [-0.4, -0.2) is 29.3 Å². The first-order valence-corrected chi connectivity index (χ1v) is 11.2. The largest absolute Gasteiger partial charge is 0.360 e. The summed E-state index contributed by atoms with van der Waals surface area (Å²) < 4.78 is 13.0. The predicted molar refractivity (Wildman–Crippen MR) is 134 cm³/mol. The van der Waals surface area contributed by atoms with E-state index in [1.807, 2.05) is 0 Å². The van der Waals surface area contributed by atoms with Crippen molar-refractivity contribution in [2.75, 3.05) is 11.9 Å². The van der Waals surface area contributed by atoms with E-state index in [2.05, 4.69) is 20.9 Å². The van der Waals surface area contributed by atoms with E-state index in [9.17, 15) is 23.6 Å². The van der Waals surface area contributed by atoms with Crippen LogP contribution in [0, 0.1) is 5.82 Å². The third-order valence-corrected chi connectivity index (χ3v) is 5.59. The molecule has 0 saturated carbocycles. The monoisotopic (exact) mass is 486 g/mol. The van der Waals surface area contributed by atoms with Crippen molar-refractivity contribution in [1.29, 1.82) is 0 Å². The Hall–Kier alpha value is -4.79. The number of para-hydroxylation sites is 1. The Morgan fingerprint density at radius 3 is 2.33 bits per heavy atom. The van der Waals surface area contributed by atoms with Crippen LogP contribution in [-0.2, 0) is 4.79 Å². The van der Waals surface area contributed by atoms with E-state index in [0.29, 0.717) is 22.2 Å². The zero-order valence-electron chi connectivity index (χ0n) is 19.3. The standard InChI is InChI=1S/C27H23FN4O4/c1-16(17-8-12-20(13-9-17)32-26(35)18-6-10-19(28)11-7-18)31-24(33)15-30-27(36)22-14-29-23-5-3-2-4-21(23)25(22)34/h2-14,16H,15H2,1H3,(H,29,34)(H,30,36)(H,31,33)(H,32,35). The second-order valence-corrected chi connectivity index (χ2v) is 8.13. The highest BCUT2D eigenvalue weighted by atomic mass is 19.1. The summed E-state index contributed by atoms with van der Waals surface area (Å²) in [5.41, 5.74) is 1.77. The molecular weight excluding hydrogens is 463 g/mol. The molecular formula is C27H23FN4O4. The van der Waals surface area contributed by atoms with Gasteiger partial charge in [0.1, 0.15) is 11.4 Å². The number of rotatable bonds is 7. The lowest BCUT2D eigenvalue weighted by molar-refractivity contribution is -0.120. The highest BCUT2D eigenvalue weighted by Gasteiger charge is 2.15. The van der Waals surface area contributed by atoms with Gasteiger partial charge in [-0.15, -0.1) is 0 Å². The molecule has 3 aromatic carbocycles. The van der Waals surface area contributed by atoms with Crippen molar-refractivity contribution in [3.05, 3.63) is 112 Å². The summed E-state index contributed by atoms with van der Waals surface area (Å²) in [4.78, 5) is 52.5. The number of pyridine rings is 1. The summed E-state index contributed by atoms with van der Waals surface area (Å²) in [5.74, 6) is -1.87. The SMILES string of the molecule is CC(NC(=O)CNC(=O)c1c[nH]c2ccccc2c1=O)c1ccc(NC(=O)c2ccc(F)cc2)cc1. The van der Waals surface area contributed by atoms with Crippen LogP contribution in [0.5, 0.6) is 0 Å². The second kappa shape index (κ2) is 10.6. The van der Waals surface area contributed by atoms with Gasteiger partial charge < -0.3 is 20.9 Å². The van der Waals surface area contributed by atoms with E-state index in [0.717, 1.165) is 5.56 Å². The third-order valence-electron chi connectivity index (χ3n) is 5.59. The number of benzene rings is 3. The molecule has 1 aromatic heterocycles. The maximum absolute atomic E-state index is 13.0. The number of amides is 3. The zero-order valence-corrected chi connectivity index (χ0v) is 19.3. The van der Waals surface area contributed by atoms with E-state index in [-0.39, 0.29) is 24.1 Å². The molecule has 0 fully saturated rings. The molecule has 1 unspecified atom stereocenters. The average molecular weight is 487 g/mol. The molecule has 1 atom stereocenters. The number of aromatic amines is 1. The maximum atomic E-state index is 13.0. The van der Waals surface area contributed by atoms with Gasteiger partial charge in [-0.05, 0) is 61.0 Å². The highest BCUT2D eigenvalue weighted by Crippen LogP contribution is 2.17. The Morgan fingerprint density at radius 1 is 0.917 bits per heavy atom. The fraction of sp³-hybridized carbons (Fsp3) is 0.111. The quantitative estimate of drug-likeness (QED) is 0.319. The number of aromatic nitrogens is 1. The number of fused-ring (bicyclic) bond motifs is 1. The number of carbonyl (C=O) groups is 3. The Morgan fingerprint density at radius 2 is 1.61 bits per heavy atom. The number of hydrogen-bond acceptors (Lipinski definition) is 4. The van der Waals surface area contributed by atoms with Crippen LogP contribution in [0.3, 0.4) is 0 Å². The number of carbonyl (C=O) groups excluding carboxylic acids is 3. The molecule has 0 aliphatic carbocycles. The highest BCUT2D eigenvalue weighted by molar-refractivity contribution is 6.04. The lowest BCUT2D eigenvalue weighted by Crippen LogP contribution is -2.39. The van der Waals surface area contributed by atoms with Gasteiger partial charge in [-0.3, -0.25) is 19.2 Å². The molecule has 0 saturated heterocycles. The van der Waals surface area contributed by atoms with Crippen molar-refractivity contribution >= 4 is 34.3 Å². The van der Waals surface area contributed by atoms with Gasteiger partial charge >= 0.3 is 0 Å².